The van der Waals surface area contributed by atoms with Crippen LogP contribution in [-0.4, -0.2) is 22.9 Å². The van der Waals surface area contributed by atoms with Crippen LogP contribution in [0.2, 0.25) is 5.02 Å². The van der Waals surface area contributed by atoms with E-state index in [1.54, 1.807) is 0 Å². The highest BCUT2D eigenvalue weighted by molar-refractivity contribution is 6.33. The van der Waals surface area contributed by atoms with Gasteiger partial charge in [-0.25, -0.2) is 13.6 Å². The second-order valence-electron chi connectivity index (χ2n) is 5.77. The molecule has 0 aliphatic carbocycles. The number of esters is 1. The monoisotopic (exact) mass is 452 g/mol. The lowest BCUT2D eigenvalue weighted by Gasteiger charge is -2.17. The Hall–Kier alpha value is -3.28. The van der Waals surface area contributed by atoms with E-state index in [0.29, 0.717) is 18.2 Å². The molecule has 7 nitrogen and oxygen atoms in total. The second-order valence-corrected chi connectivity index (χ2v) is 6.17. The minimum atomic E-state index is -5.03. The normalized spacial score (nSPS) is 12.2. The number of amides is 1. The van der Waals surface area contributed by atoms with Gasteiger partial charge in [-0.1, -0.05) is 11.6 Å². The van der Waals surface area contributed by atoms with Crippen LogP contribution in [0.15, 0.2) is 30.3 Å². The molecule has 160 valence electrons. The van der Waals surface area contributed by atoms with Gasteiger partial charge in [-0.15, -0.1) is 0 Å². The van der Waals surface area contributed by atoms with E-state index in [2.05, 4.69) is 0 Å². The number of carbonyl (C=O) groups is 2. The third-order valence-electron chi connectivity index (χ3n) is 3.66. The summed E-state index contributed by atoms with van der Waals surface area (Å²) in [4.78, 5) is 33.8. The van der Waals surface area contributed by atoms with E-state index in [9.17, 15) is 41.7 Å². The number of nitrogens with zero attached hydrogens (tertiary/aromatic N) is 1. The molecule has 1 unspecified atom stereocenters. The molecule has 0 aliphatic heterocycles. The molecule has 1 atom stereocenters. The third kappa shape index (κ3) is 5.20. The number of anilines is 1. The van der Waals surface area contributed by atoms with Crippen molar-refractivity contribution in [3.05, 3.63) is 68.2 Å². The van der Waals surface area contributed by atoms with Crippen molar-refractivity contribution in [1.29, 1.82) is 0 Å². The fourth-order valence-corrected chi connectivity index (χ4v) is 2.41. The van der Waals surface area contributed by atoms with Gasteiger partial charge in [0.2, 0.25) is 0 Å². The van der Waals surface area contributed by atoms with Gasteiger partial charge >= 0.3 is 12.1 Å². The average Bonchev–Trinajstić information content (AvgIpc) is 2.63. The molecule has 2 rings (SSSR count). The highest BCUT2D eigenvalue weighted by atomic mass is 35.5. The largest absolute Gasteiger partial charge is 0.449 e. The lowest BCUT2D eigenvalue weighted by molar-refractivity contribution is -0.385. The van der Waals surface area contributed by atoms with Crippen LogP contribution >= 0.6 is 11.6 Å². The van der Waals surface area contributed by atoms with Crippen molar-refractivity contribution < 1.29 is 41.2 Å². The van der Waals surface area contributed by atoms with E-state index in [0.717, 1.165) is 13.0 Å². The van der Waals surface area contributed by atoms with Crippen molar-refractivity contribution in [2.24, 2.45) is 0 Å². The van der Waals surface area contributed by atoms with Gasteiger partial charge < -0.3 is 10.1 Å². The van der Waals surface area contributed by atoms with E-state index in [1.807, 2.05) is 5.32 Å². The zero-order valence-electron chi connectivity index (χ0n) is 14.7. The number of nitro groups is 1. The molecule has 0 aromatic heterocycles. The molecule has 0 fully saturated rings. The first-order valence-electron chi connectivity index (χ1n) is 7.83. The average molecular weight is 453 g/mol. The van der Waals surface area contributed by atoms with Gasteiger partial charge in [0.05, 0.1) is 26.8 Å². The lowest BCUT2D eigenvalue weighted by atomic mass is 10.1. The number of benzene rings is 2. The fourth-order valence-electron chi connectivity index (χ4n) is 2.18. The Morgan fingerprint density at radius 2 is 1.77 bits per heavy atom. The van der Waals surface area contributed by atoms with E-state index < -0.39 is 68.2 Å². The summed E-state index contributed by atoms with van der Waals surface area (Å²) in [6.45, 7) is 1.000. The molecule has 0 saturated heterocycles. The molecule has 0 spiro atoms. The van der Waals surface area contributed by atoms with Crippen LogP contribution in [0.4, 0.5) is 33.3 Å². The number of halogens is 6. The van der Waals surface area contributed by atoms with Gasteiger partial charge in [0.15, 0.2) is 17.7 Å². The van der Waals surface area contributed by atoms with E-state index in [1.165, 1.54) is 0 Å². The number of rotatable bonds is 5. The van der Waals surface area contributed by atoms with Crippen LogP contribution in [0.5, 0.6) is 0 Å². The maximum atomic E-state index is 13.3. The Morgan fingerprint density at radius 3 is 2.33 bits per heavy atom. The third-order valence-corrected chi connectivity index (χ3v) is 3.97. The number of ether oxygens (including phenoxy) is 1. The molecule has 0 heterocycles. The molecule has 0 radical (unpaired) electrons. The summed E-state index contributed by atoms with van der Waals surface area (Å²) in [5.41, 5.74) is -3.77. The number of hydrogen-bond donors (Lipinski definition) is 1. The van der Waals surface area contributed by atoms with E-state index >= 15 is 0 Å². The second kappa shape index (κ2) is 8.61. The summed E-state index contributed by atoms with van der Waals surface area (Å²) in [5, 5.41) is 12.0. The zero-order chi connectivity index (χ0) is 22.8. The van der Waals surface area contributed by atoms with E-state index in [4.69, 9.17) is 16.3 Å². The molecule has 2 aromatic carbocycles. The first-order chi connectivity index (χ1) is 13.8. The van der Waals surface area contributed by atoms with Crippen LogP contribution in [-0.2, 0) is 15.7 Å². The van der Waals surface area contributed by atoms with Crippen molar-refractivity contribution in [2.75, 3.05) is 5.32 Å². The standard InChI is InChI=1S/C17H10ClF5N2O5/c1-7(30-16(27)9-5-12(19)13(20)6-11(9)18)15(26)24-14-3-2-8(25(28)29)4-10(14)17(21,22)23/h2-7H,1H3,(H,24,26). The number of nitro benzene ring substituents is 1. The van der Waals surface area contributed by atoms with Crippen molar-refractivity contribution in [2.45, 2.75) is 19.2 Å². The summed E-state index contributed by atoms with van der Waals surface area (Å²) in [6, 6.07) is 2.57. The molecular formula is C17H10ClF5N2O5. The van der Waals surface area contributed by atoms with Crippen molar-refractivity contribution in [3.63, 3.8) is 0 Å². The van der Waals surface area contributed by atoms with Gasteiger partial charge in [0.25, 0.3) is 11.6 Å². The van der Waals surface area contributed by atoms with Gasteiger partial charge in [-0.05, 0) is 25.1 Å². The summed E-state index contributed by atoms with van der Waals surface area (Å²) >= 11 is 5.61. The van der Waals surface area contributed by atoms with Gasteiger partial charge in [0.1, 0.15) is 0 Å². The SMILES string of the molecule is CC(OC(=O)c1cc(F)c(F)cc1Cl)C(=O)Nc1ccc([N+](=O)[O-])cc1C(F)(F)F. The predicted molar refractivity (Wildman–Crippen MR) is 93.0 cm³/mol. The Morgan fingerprint density at radius 1 is 1.17 bits per heavy atom. The molecule has 1 amide bonds. The highest BCUT2D eigenvalue weighted by Crippen LogP contribution is 2.37. The molecular weight excluding hydrogens is 443 g/mol. The lowest BCUT2D eigenvalue weighted by Crippen LogP contribution is -2.31. The molecule has 1 N–H and O–H groups in total. The molecule has 0 saturated carbocycles. The molecule has 30 heavy (non-hydrogen) atoms. The van der Waals surface area contributed by atoms with Gasteiger partial charge in [0, 0.05) is 12.1 Å². The topological polar surface area (TPSA) is 98.5 Å². The maximum Gasteiger partial charge on any atom is 0.418 e. The smallest absolute Gasteiger partial charge is 0.418 e. The Bertz CT molecular complexity index is 1030. The molecule has 0 aliphatic rings. The van der Waals surface area contributed by atoms with Gasteiger partial charge in [-0.3, -0.25) is 14.9 Å². The first-order valence-corrected chi connectivity index (χ1v) is 8.21. The van der Waals surface area contributed by atoms with Crippen LogP contribution < -0.4 is 5.32 Å². The number of carbonyl (C=O) groups excluding carboxylic acids is 2. The molecule has 13 heteroatoms. The summed E-state index contributed by atoms with van der Waals surface area (Å²) in [6.07, 6.45) is -6.72. The Labute approximate surface area is 169 Å². The summed E-state index contributed by atoms with van der Waals surface area (Å²) in [7, 11) is 0. The van der Waals surface area contributed by atoms with Crippen LogP contribution in [0.3, 0.4) is 0 Å². The van der Waals surface area contributed by atoms with Crippen molar-refractivity contribution >= 4 is 34.9 Å². The minimum Gasteiger partial charge on any atom is -0.449 e. The zero-order valence-corrected chi connectivity index (χ0v) is 15.5. The summed E-state index contributed by atoms with van der Waals surface area (Å²) < 4.78 is 70.5. The van der Waals surface area contributed by atoms with Crippen molar-refractivity contribution in [1.82, 2.24) is 0 Å². The predicted octanol–water partition coefficient (Wildman–Crippen LogP) is 4.73. The Kier molecular flexibility index (Phi) is 6.60. The number of hydrogen-bond acceptors (Lipinski definition) is 5. The molecule has 2 aromatic rings. The Balaban J connectivity index is 2.21. The highest BCUT2D eigenvalue weighted by Gasteiger charge is 2.36. The van der Waals surface area contributed by atoms with Gasteiger partial charge in [-0.2, -0.15) is 13.2 Å². The van der Waals surface area contributed by atoms with Crippen LogP contribution in [0, 0.1) is 21.7 Å². The van der Waals surface area contributed by atoms with Crippen molar-refractivity contribution in [3.8, 4) is 0 Å². The quantitative estimate of drug-likeness (QED) is 0.232. The van der Waals surface area contributed by atoms with Crippen LogP contribution in [0.1, 0.15) is 22.8 Å². The number of alkyl halides is 3. The fraction of sp³-hybridized carbons (Fsp3) is 0.176. The summed E-state index contributed by atoms with van der Waals surface area (Å²) in [5.74, 6) is -5.30. The van der Waals surface area contributed by atoms with E-state index in [-0.39, 0.29) is 6.07 Å². The van der Waals surface area contributed by atoms with Crippen LogP contribution in [0.25, 0.3) is 0 Å². The molecule has 0 bridgehead atoms. The number of non-ortho nitro benzene ring substituents is 1. The maximum absolute atomic E-state index is 13.3. The number of nitrogens with one attached hydrogen (secondary N) is 1. The minimum absolute atomic E-state index is 0.230. The first kappa shape index (κ1) is 23.0.